The number of halogens is 3. The van der Waals surface area contributed by atoms with Crippen molar-refractivity contribution in [2.75, 3.05) is 11.9 Å². The Kier molecular flexibility index (Phi) is 5.12. The lowest BCUT2D eigenvalue weighted by atomic mass is 10.1. The molecule has 0 saturated heterocycles. The van der Waals surface area contributed by atoms with Crippen LogP contribution in [0.3, 0.4) is 0 Å². The number of carbonyl (C=O) groups excluding carboxylic acids is 2. The van der Waals surface area contributed by atoms with E-state index in [9.17, 15) is 22.8 Å². The third kappa shape index (κ3) is 4.94. The van der Waals surface area contributed by atoms with E-state index in [1.807, 2.05) is 0 Å². The molecule has 0 bridgehead atoms. The quantitative estimate of drug-likeness (QED) is 0.670. The van der Waals surface area contributed by atoms with Crippen molar-refractivity contribution >= 4 is 17.4 Å². The average molecular weight is 301 g/mol. The second-order valence-corrected chi connectivity index (χ2v) is 4.46. The molecule has 21 heavy (non-hydrogen) atoms. The third-order valence-electron chi connectivity index (χ3n) is 2.37. The molecule has 1 amide bonds. The monoisotopic (exact) mass is 301 g/mol. The number of anilines is 1. The molecule has 0 fully saturated rings. The van der Waals surface area contributed by atoms with E-state index in [2.05, 4.69) is 6.58 Å². The van der Waals surface area contributed by atoms with Crippen LogP contribution >= 0.6 is 0 Å². The van der Waals surface area contributed by atoms with Crippen LogP contribution in [0.15, 0.2) is 30.4 Å². The second-order valence-electron chi connectivity index (χ2n) is 4.46. The highest BCUT2D eigenvalue weighted by Crippen LogP contribution is 2.28. The zero-order chi connectivity index (χ0) is 16.2. The van der Waals surface area contributed by atoms with Crippen molar-refractivity contribution in [2.45, 2.75) is 20.0 Å². The Morgan fingerprint density at radius 1 is 1.29 bits per heavy atom. The SMILES string of the molecule is C=C(C)COc1ccc(C(C)=O)cc1NC(=O)C(F)(F)F. The summed E-state index contributed by atoms with van der Waals surface area (Å²) >= 11 is 0. The molecule has 4 nitrogen and oxygen atoms in total. The molecule has 1 rings (SSSR count). The van der Waals surface area contributed by atoms with Gasteiger partial charge in [-0.2, -0.15) is 13.2 Å². The van der Waals surface area contributed by atoms with Gasteiger partial charge in [0.05, 0.1) is 5.69 Å². The van der Waals surface area contributed by atoms with Crippen molar-refractivity contribution in [3.63, 3.8) is 0 Å². The molecule has 0 heterocycles. The Morgan fingerprint density at radius 3 is 2.38 bits per heavy atom. The number of rotatable bonds is 5. The maximum Gasteiger partial charge on any atom is 0.471 e. The van der Waals surface area contributed by atoms with Gasteiger partial charge in [0.1, 0.15) is 12.4 Å². The van der Waals surface area contributed by atoms with Gasteiger partial charge in [0.25, 0.3) is 0 Å². The molecular formula is C14H14F3NO3. The van der Waals surface area contributed by atoms with Crippen molar-refractivity contribution in [3.05, 3.63) is 35.9 Å². The lowest BCUT2D eigenvalue weighted by Crippen LogP contribution is -2.30. The van der Waals surface area contributed by atoms with Crippen molar-refractivity contribution in [3.8, 4) is 5.75 Å². The number of hydrogen-bond donors (Lipinski definition) is 1. The summed E-state index contributed by atoms with van der Waals surface area (Å²) in [5.41, 5.74) is 0.597. The average Bonchev–Trinajstić information content (AvgIpc) is 2.35. The van der Waals surface area contributed by atoms with E-state index in [0.29, 0.717) is 5.57 Å². The predicted octanol–water partition coefficient (Wildman–Crippen LogP) is 3.34. The Hall–Kier alpha value is -2.31. The van der Waals surface area contributed by atoms with Gasteiger partial charge in [-0.15, -0.1) is 0 Å². The molecular weight excluding hydrogens is 287 g/mol. The summed E-state index contributed by atoms with van der Waals surface area (Å²) < 4.78 is 42.2. The first-order valence-electron chi connectivity index (χ1n) is 5.91. The van der Waals surface area contributed by atoms with E-state index in [1.165, 1.54) is 19.1 Å². The lowest BCUT2D eigenvalue weighted by molar-refractivity contribution is -0.167. The van der Waals surface area contributed by atoms with Crippen molar-refractivity contribution in [1.29, 1.82) is 0 Å². The molecule has 0 saturated carbocycles. The zero-order valence-corrected chi connectivity index (χ0v) is 11.5. The molecule has 0 unspecified atom stereocenters. The Bertz CT molecular complexity index is 579. The highest BCUT2D eigenvalue weighted by molar-refractivity contribution is 5.99. The van der Waals surface area contributed by atoms with Crippen LogP contribution in [0.2, 0.25) is 0 Å². The first-order valence-corrected chi connectivity index (χ1v) is 5.91. The van der Waals surface area contributed by atoms with Gasteiger partial charge in [-0.1, -0.05) is 6.58 Å². The van der Waals surface area contributed by atoms with Gasteiger partial charge < -0.3 is 10.1 Å². The van der Waals surface area contributed by atoms with Gasteiger partial charge in [-0.05, 0) is 37.6 Å². The minimum Gasteiger partial charge on any atom is -0.487 e. The van der Waals surface area contributed by atoms with E-state index < -0.39 is 12.1 Å². The first kappa shape index (κ1) is 16.7. The minimum atomic E-state index is -5.03. The van der Waals surface area contributed by atoms with Crippen LogP contribution in [-0.2, 0) is 4.79 Å². The number of amides is 1. The fourth-order valence-corrected chi connectivity index (χ4v) is 1.37. The lowest BCUT2D eigenvalue weighted by Gasteiger charge is -2.14. The van der Waals surface area contributed by atoms with Crippen LogP contribution in [0.1, 0.15) is 24.2 Å². The number of Topliss-reactive ketones (excluding diaryl/α,β-unsaturated/α-hetero) is 1. The summed E-state index contributed by atoms with van der Waals surface area (Å²) in [6.45, 7) is 6.62. The minimum absolute atomic E-state index is 0.0283. The summed E-state index contributed by atoms with van der Waals surface area (Å²) in [6, 6.07) is 3.87. The number of hydrogen-bond acceptors (Lipinski definition) is 3. The summed E-state index contributed by atoms with van der Waals surface area (Å²) in [5, 5.41) is 1.70. The fraction of sp³-hybridized carbons (Fsp3) is 0.286. The number of alkyl halides is 3. The first-order chi connectivity index (χ1) is 9.61. The Balaban J connectivity index is 3.10. The van der Waals surface area contributed by atoms with Gasteiger partial charge in [0.2, 0.25) is 0 Å². The molecule has 114 valence electrons. The molecule has 1 aromatic rings. The molecule has 0 aliphatic heterocycles. The van der Waals surface area contributed by atoms with Gasteiger partial charge in [-0.25, -0.2) is 0 Å². The normalized spacial score (nSPS) is 10.9. The predicted molar refractivity (Wildman–Crippen MR) is 71.4 cm³/mol. The summed E-state index contributed by atoms with van der Waals surface area (Å²) in [4.78, 5) is 22.3. The molecule has 0 aromatic heterocycles. The van der Waals surface area contributed by atoms with E-state index >= 15 is 0 Å². The fourth-order valence-electron chi connectivity index (χ4n) is 1.37. The molecule has 0 radical (unpaired) electrons. The highest BCUT2D eigenvalue weighted by Gasteiger charge is 2.39. The molecule has 0 spiro atoms. The van der Waals surface area contributed by atoms with Crippen LogP contribution in [0.25, 0.3) is 0 Å². The van der Waals surface area contributed by atoms with Crippen molar-refractivity contribution < 1.29 is 27.5 Å². The molecule has 1 N–H and O–H groups in total. The third-order valence-corrected chi connectivity index (χ3v) is 2.37. The topological polar surface area (TPSA) is 55.4 Å². The largest absolute Gasteiger partial charge is 0.487 e. The number of benzene rings is 1. The Morgan fingerprint density at radius 2 is 1.90 bits per heavy atom. The maximum absolute atomic E-state index is 12.3. The van der Waals surface area contributed by atoms with Crippen LogP contribution < -0.4 is 10.1 Å². The highest BCUT2D eigenvalue weighted by atomic mass is 19.4. The molecule has 0 atom stereocenters. The number of ketones is 1. The van der Waals surface area contributed by atoms with Crippen molar-refractivity contribution in [2.24, 2.45) is 0 Å². The van der Waals surface area contributed by atoms with E-state index in [1.54, 1.807) is 12.2 Å². The summed E-state index contributed by atoms with van der Waals surface area (Å²) in [5.74, 6) is -2.45. The van der Waals surface area contributed by atoms with Crippen molar-refractivity contribution in [1.82, 2.24) is 0 Å². The second kappa shape index (κ2) is 6.43. The van der Waals surface area contributed by atoms with Gasteiger partial charge in [0.15, 0.2) is 5.78 Å². The van der Waals surface area contributed by atoms with E-state index in [4.69, 9.17) is 4.74 Å². The van der Waals surface area contributed by atoms with Crippen LogP contribution in [-0.4, -0.2) is 24.5 Å². The summed E-state index contributed by atoms with van der Waals surface area (Å²) in [6.07, 6.45) is -5.03. The molecule has 0 aliphatic rings. The zero-order valence-electron chi connectivity index (χ0n) is 11.5. The van der Waals surface area contributed by atoms with E-state index in [0.717, 1.165) is 6.07 Å². The smallest absolute Gasteiger partial charge is 0.471 e. The molecule has 0 aliphatic carbocycles. The summed E-state index contributed by atoms with van der Waals surface area (Å²) in [7, 11) is 0. The van der Waals surface area contributed by atoms with Crippen LogP contribution in [0.4, 0.5) is 18.9 Å². The van der Waals surface area contributed by atoms with Gasteiger partial charge >= 0.3 is 12.1 Å². The number of carbonyl (C=O) groups is 2. The van der Waals surface area contributed by atoms with E-state index in [-0.39, 0.29) is 29.4 Å². The maximum atomic E-state index is 12.3. The molecule has 1 aromatic carbocycles. The van der Waals surface area contributed by atoms with Gasteiger partial charge in [-0.3, -0.25) is 9.59 Å². The standard InChI is InChI=1S/C14H14F3NO3/c1-8(2)7-21-12-5-4-10(9(3)19)6-11(12)18-13(20)14(15,16)17/h4-6H,1,7H2,2-3H3,(H,18,20). The Labute approximate surface area is 119 Å². The van der Waals surface area contributed by atoms with Crippen LogP contribution in [0.5, 0.6) is 5.75 Å². The number of nitrogens with one attached hydrogen (secondary N) is 1. The molecule has 7 heteroatoms. The van der Waals surface area contributed by atoms with Gasteiger partial charge in [0, 0.05) is 5.56 Å². The number of ether oxygens (including phenoxy) is 1. The van der Waals surface area contributed by atoms with Crippen LogP contribution in [0, 0.1) is 0 Å².